The molecule has 0 spiro atoms. The van der Waals surface area contributed by atoms with Crippen molar-refractivity contribution in [1.29, 1.82) is 0 Å². The van der Waals surface area contributed by atoms with Crippen LogP contribution in [0.3, 0.4) is 0 Å². The topological polar surface area (TPSA) is 95.5 Å². The summed E-state index contributed by atoms with van der Waals surface area (Å²) in [4.78, 5) is 26.1. The fourth-order valence-corrected chi connectivity index (χ4v) is 4.48. The van der Waals surface area contributed by atoms with Crippen LogP contribution in [0.2, 0.25) is 0 Å². The number of rotatable bonds is 12. The van der Waals surface area contributed by atoms with Gasteiger partial charge in [0.1, 0.15) is 5.75 Å². The highest BCUT2D eigenvalue weighted by atomic mass is 16.5. The minimum atomic E-state index is -0.891. The van der Waals surface area contributed by atoms with Gasteiger partial charge in [0.25, 0.3) is 5.91 Å². The SMILES string of the molecule is [2H]C(c1ccccc1OCCCCCC(=O)O)N(C(=O)c1ccc(-c2cn[nH]c2)cc1)C1CCCC1. The van der Waals surface area contributed by atoms with Gasteiger partial charge in [0, 0.05) is 41.9 Å². The van der Waals surface area contributed by atoms with E-state index in [1.807, 2.05) is 54.7 Å². The number of carboxylic acids is 1. The summed E-state index contributed by atoms with van der Waals surface area (Å²) in [5.41, 5.74) is 3.15. The van der Waals surface area contributed by atoms with Crippen molar-refractivity contribution in [2.45, 2.75) is 63.9 Å². The van der Waals surface area contributed by atoms with Crippen LogP contribution in [0, 0.1) is 0 Å². The number of carbonyl (C=O) groups excluding carboxylic acids is 1. The Balaban J connectivity index is 1.50. The highest BCUT2D eigenvalue weighted by Crippen LogP contribution is 2.29. The molecule has 7 nitrogen and oxygen atoms in total. The third kappa shape index (κ3) is 6.72. The molecular weight excluding hydrogens is 442 g/mol. The summed E-state index contributed by atoms with van der Waals surface area (Å²) in [7, 11) is 0. The molecule has 3 aromatic rings. The number of H-pyrrole nitrogens is 1. The van der Waals surface area contributed by atoms with Crippen molar-refractivity contribution in [3.63, 3.8) is 0 Å². The van der Waals surface area contributed by atoms with E-state index in [1.165, 1.54) is 0 Å². The molecule has 1 amide bonds. The van der Waals surface area contributed by atoms with Gasteiger partial charge in [0.15, 0.2) is 0 Å². The molecule has 1 aliphatic carbocycles. The molecule has 1 atom stereocenters. The zero-order valence-corrected chi connectivity index (χ0v) is 19.9. The number of para-hydroxylation sites is 1. The molecule has 4 rings (SSSR count). The number of aliphatic carboxylic acids is 1. The summed E-state index contributed by atoms with van der Waals surface area (Å²) in [6.07, 6.45) is 9.71. The Hall–Kier alpha value is -3.61. The zero-order chi connectivity index (χ0) is 25.3. The lowest BCUT2D eigenvalue weighted by atomic mass is 10.0. The van der Waals surface area contributed by atoms with Gasteiger partial charge in [-0.3, -0.25) is 14.7 Å². The second kappa shape index (κ2) is 12.2. The molecule has 1 aromatic heterocycles. The molecule has 0 bridgehead atoms. The molecule has 35 heavy (non-hydrogen) atoms. The van der Waals surface area contributed by atoms with Crippen LogP contribution in [-0.2, 0) is 11.3 Å². The number of hydrogen-bond acceptors (Lipinski definition) is 4. The van der Waals surface area contributed by atoms with Gasteiger partial charge in [-0.1, -0.05) is 43.2 Å². The van der Waals surface area contributed by atoms with Crippen molar-refractivity contribution >= 4 is 11.9 Å². The lowest BCUT2D eigenvalue weighted by molar-refractivity contribution is -0.137. The smallest absolute Gasteiger partial charge is 0.303 e. The molecule has 7 heteroatoms. The second-order valence-electron chi connectivity index (χ2n) is 8.93. The third-order valence-electron chi connectivity index (χ3n) is 6.41. The molecule has 1 unspecified atom stereocenters. The monoisotopic (exact) mass is 476 g/mol. The first-order valence-corrected chi connectivity index (χ1v) is 12.3. The van der Waals surface area contributed by atoms with E-state index in [-0.39, 0.29) is 18.4 Å². The van der Waals surface area contributed by atoms with E-state index in [2.05, 4.69) is 10.2 Å². The number of aromatic nitrogens is 2. The van der Waals surface area contributed by atoms with Crippen molar-refractivity contribution in [2.75, 3.05) is 6.61 Å². The Labute approximate surface area is 207 Å². The Kier molecular flexibility index (Phi) is 8.07. The standard InChI is InChI=1S/C28H33N3O4/c32-27(33)12-2-1-7-17-35-26-11-6-3-8-23(26)20-31(25-9-4-5-10-25)28(34)22-15-13-21(14-16-22)24-18-29-30-19-24/h3,6,8,11,13-16,18-19,25H,1-2,4-5,7,9-10,12,17,20H2,(H,29,30)(H,32,33)/i20D. The zero-order valence-electron chi connectivity index (χ0n) is 20.9. The van der Waals surface area contributed by atoms with E-state index in [0.29, 0.717) is 29.9 Å². The fraction of sp³-hybridized carbons (Fsp3) is 0.393. The quantitative estimate of drug-likeness (QED) is 0.328. The van der Waals surface area contributed by atoms with Crippen molar-refractivity contribution in [3.05, 3.63) is 72.1 Å². The molecule has 184 valence electrons. The molecule has 0 radical (unpaired) electrons. The van der Waals surface area contributed by atoms with Crippen LogP contribution >= 0.6 is 0 Å². The van der Waals surface area contributed by atoms with Crippen molar-refractivity contribution in [3.8, 4) is 16.9 Å². The maximum absolute atomic E-state index is 13.7. The Bertz CT molecular complexity index is 1130. The molecular formula is C28H33N3O4. The number of carbonyl (C=O) groups is 2. The van der Waals surface area contributed by atoms with Crippen LogP contribution in [0.1, 0.15) is 68.7 Å². The average molecular weight is 477 g/mol. The normalized spacial score (nSPS) is 14.9. The number of ether oxygens (including phenoxy) is 1. The summed E-state index contributed by atoms with van der Waals surface area (Å²) in [6.45, 7) is -0.451. The number of aromatic amines is 1. The lowest BCUT2D eigenvalue weighted by Gasteiger charge is -2.30. The van der Waals surface area contributed by atoms with Crippen LogP contribution in [0.5, 0.6) is 5.75 Å². The second-order valence-corrected chi connectivity index (χ2v) is 8.93. The molecule has 2 aromatic carbocycles. The van der Waals surface area contributed by atoms with E-state index < -0.39 is 12.5 Å². The number of hydrogen-bond donors (Lipinski definition) is 2. The van der Waals surface area contributed by atoms with E-state index in [1.54, 1.807) is 11.1 Å². The molecule has 1 saturated carbocycles. The Morgan fingerprint density at radius 1 is 1.06 bits per heavy atom. The first-order valence-electron chi connectivity index (χ1n) is 12.9. The minimum Gasteiger partial charge on any atom is -0.493 e. The van der Waals surface area contributed by atoms with Gasteiger partial charge in [-0.2, -0.15) is 5.10 Å². The van der Waals surface area contributed by atoms with Crippen LogP contribution < -0.4 is 4.74 Å². The van der Waals surface area contributed by atoms with E-state index in [4.69, 9.17) is 11.2 Å². The van der Waals surface area contributed by atoms with Crippen molar-refractivity contribution < 1.29 is 20.8 Å². The molecule has 1 aliphatic rings. The largest absolute Gasteiger partial charge is 0.493 e. The van der Waals surface area contributed by atoms with Gasteiger partial charge in [-0.25, -0.2) is 0 Å². The predicted molar refractivity (Wildman–Crippen MR) is 134 cm³/mol. The average Bonchev–Trinajstić information content (AvgIpc) is 3.61. The van der Waals surface area contributed by atoms with Crippen molar-refractivity contribution in [1.82, 2.24) is 15.1 Å². The summed E-state index contributed by atoms with van der Waals surface area (Å²) >= 11 is 0. The number of nitrogens with zero attached hydrogens (tertiary/aromatic N) is 2. The Morgan fingerprint density at radius 3 is 2.54 bits per heavy atom. The summed E-state index contributed by atoms with van der Waals surface area (Å²) in [6, 6.07) is 14.9. The van der Waals surface area contributed by atoms with Gasteiger partial charge >= 0.3 is 5.97 Å². The first kappa shape index (κ1) is 23.1. The molecule has 1 fully saturated rings. The fourth-order valence-electron chi connectivity index (χ4n) is 4.48. The van der Waals surface area contributed by atoms with Crippen LogP contribution in [0.4, 0.5) is 0 Å². The minimum absolute atomic E-state index is 0.0117. The lowest BCUT2D eigenvalue weighted by Crippen LogP contribution is -2.38. The summed E-state index contributed by atoms with van der Waals surface area (Å²) in [5.74, 6) is -0.336. The number of nitrogens with one attached hydrogen (secondary N) is 1. The molecule has 0 saturated heterocycles. The summed E-state index contributed by atoms with van der Waals surface area (Å²) in [5, 5.41) is 15.6. The number of amides is 1. The molecule has 1 heterocycles. The molecule has 2 N–H and O–H groups in total. The van der Waals surface area contributed by atoms with Crippen molar-refractivity contribution in [2.24, 2.45) is 0 Å². The highest BCUT2D eigenvalue weighted by Gasteiger charge is 2.28. The maximum atomic E-state index is 13.7. The highest BCUT2D eigenvalue weighted by molar-refractivity contribution is 5.95. The Morgan fingerprint density at radius 2 is 1.83 bits per heavy atom. The number of unbranched alkanes of at least 4 members (excludes halogenated alkanes) is 2. The number of carboxylic acid groups (broad SMARTS) is 1. The third-order valence-corrected chi connectivity index (χ3v) is 6.41. The van der Waals surface area contributed by atoms with Gasteiger partial charge in [0.2, 0.25) is 0 Å². The predicted octanol–water partition coefficient (Wildman–Crippen LogP) is 5.69. The van der Waals surface area contributed by atoms with E-state index in [9.17, 15) is 9.59 Å². The van der Waals surface area contributed by atoms with E-state index >= 15 is 0 Å². The maximum Gasteiger partial charge on any atom is 0.303 e. The van der Waals surface area contributed by atoms with Crippen LogP contribution in [0.25, 0.3) is 11.1 Å². The van der Waals surface area contributed by atoms with Gasteiger partial charge < -0.3 is 14.7 Å². The van der Waals surface area contributed by atoms with Crippen LogP contribution in [0.15, 0.2) is 60.9 Å². The van der Waals surface area contributed by atoms with E-state index in [0.717, 1.165) is 49.7 Å². The van der Waals surface area contributed by atoms with Gasteiger partial charge in [-0.15, -0.1) is 0 Å². The molecule has 0 aliphatic heterocycles. The first-order chi connectivity index (χ1) is 17.5. The van der Waals surface area contributed by atoms with Gasteiger partial charge in [-0.05, 0) is 55.9 Å². The van der Waals surface area contributed by atoms with Crippen LogP contribution in [-0.4, -0.2) is 44.7 Å². The number of benzene rings is 2. The van der Waals surface area contributed by atoms with Gasteiger partial charge in [0.05, 0.1) is 14.2 Å². The summed E-state index contributed by atoms with van der Waals surface area (Å²) < 4.78 is 15.2.